The van der Waals surface area contributed by atoms with Crippen molar-refractivity contribution in [3.8, 4) is 0 Å². The van der Waals surface area contributed by atoms with Gasteiger partial charge in [-0.05, 0) is 55.1 Å². The minimum absolute atomic E-state index is 0.00751. The molecule has 7 heteroatoms. The van der Waals surface area contributed by atoms with Gasteiger partial charge < -0.3 is 15.3 Å². The molecule has 2 aliphatic rings. The summed E-state index contributed by atoms with van der Waals surface area (Å²) in [6.45, 7) is 10.0. The van der Waals surface area contributed by atoms with E-state index < -0.39 is 12.1 Å². The average molecular weight is 448 g/mol. The lowest BCUT2D eigenvalue weighted by Gasteiger charge is -2.31. The molecule has 1 aromatic carbocycles. The van der Waals surface area contributed by atoms with Crippen LogP contribution in [0.5, 0.6) is 0 Å². The maximum absolute atomic E-state index is 14.3. The molecule has 0 spiro atoms. The van der Waals surface area contributed by atoms with Gasteiger partial charge in [-0.2, -0.15) is 0 Å². The smallest absolute Gasteiger partial charge is 0.407 e. The number of fused-ring (bicyclic) bond motifs is 1. The molecule has 1 saturated carbocycles. The number of carbonyl (C=O) groups excluding carboxylic acids is 1. The number of hydrogen-bond acceptors (Lipinski definition) is 3. The molecule has 2 amide bonds. The number of anilines is 1. The van der Waals surface area contributed by atoms with Gasteiger partial charge in [0.25, 0.3) is 0 Å². The second-order valence-corrected chi connectivity index (χ2v) is 11.0. The Morgan fingerprint density at radius 2 is 1.94 bits per heavy atom. The van der Waals surface area contributed by atoms with E-state index in [-0.39, 0.29) is 35.0 Å². The number of amides is 2. The molecule has 1 aliphatic heterocycles. The van der Waals surface area contributed by atoms with E-state index in [1.807, 2.05) is 6.07 Å². The van der Waals surface area contributed by atoms with E-state index in [9.17, 15) is 19.1 Å². The molecule has 0 radical (unpaired) electrons. The number of nitrogens with zero attached hydrogens (tertiary/aromatic N) is 2. The highest BCUT2D eigenvalue weighted by Crippen LogP contribution is 2.40. The van der Waals surface area contributed by atoms with Crippen LogP contribution in [0, 0.1) is 29.0 Å². The minimum Gasteiger partial charge on any atom is -0.465 e. The molecule has 2 N–H and O–H groups in total. The lowest BCUT2D eigenvalue weighted by atomic mass is 9.82. The molecule has 1 heterocycles. The Morgan fingerprint density at radius 1 is 1.25 bits per heavy atom. The van der Waals surface area contributed by atoms with Crippen molar-refractivity contribution in [1.82, 2.24) is 10.2 Å². The normalized spacial score (nSPS) is 24.7. The van der Waals surface area contributed by atoms with Crippen molar-refractivity contribution in [1.29, 1.82) is 0 Å². The number of halogens is 1. The molecule has 178 valence electrons. The highest BCUT2D eigenvalue weighted by Gasteiger charge is 2.44. The number of para-hydroxylation sites is 1. The fraction of sp³-hybridized carbons (Fsp3) is 0.680. The molecule has 1 aromatic rings. The van der Waals surface area contributed by atoms with E-state index in [2.05, 4.69) is 37.9 Å². The van der Waals surface area contributed by atoms with E-state index in [1.54, 1.807) is 12.1 Å². The van der Waals surface area contributed by atoms with Crippen LogP contribution < -0.4 is 10.2 Å². The second-order valence-electron chi connectivity index (χ2n) is 11.0. The van der Waals surface area contributed by atoms with Crippen LogP contribution in [0.3, 0.4) is 0 Å². The summed E-state index contributed by atoms with van der Waals surface area (Å²) in [5, 5.41) is 12.7. The first-order chi connectivity index (χ1) is 15.0. The molecule has 2 fully saturated rings. The molecule has 6 nitrogen and oxygen atoms in total. The summed E-state index contributed by atoms with van der Waals surface area (Å²) in [7, 11) is 1.48. The predicted molar refractivity (Wildman–Crippen MR) is 124 cm³/mol. The first kappa shape index (κ1) is 24.3. The number of benzene rings is 1. The monoisotopic (exact) mass is 447 g/mol. The summed E-state index contributed by atoms with van der Waals surface area (Å²) >= 11 is 0. The highest BCUT2D eigenvalue weighted by molar-refractivity contribution is 5.85. The maximum atomic E-state index is 14.3. The van der Waals surface area contributed by atoms with Gasteiger partial charge in [0.15, 0.2) is 0 Å². The largest absolute Gasteiger partial charge is 0.465 e. The summed E-state index contributed by atoms with van der Waals surface area (Å²) in [6, 6.07) is 6.10. The van der Waals surface area contributed by atoms with Crippen LogP contribution >= 0.6 is 0 Å². The predicted octanol–water partition coefficient (Wildman–Crippen LogP) is 4.60. The number of carbonyl (C=O) groups is 2. The molecule has 0 aromatic heterocycles. The average Bonchev–Trinajstić information content (AvgIpc) is 3.26. The Bertz CT molecular complexity index is 825. The Kier molecular flexibility index (Phi) is 7.36. The molecule has 0 bridgehead atoms. The number of hydrogen-bond donors (Lipinski definition) is 2. The fourth-order valence-electron chi connectivity index (χ4n) is 5.71. The second kappa shape index (κ2) is 9.67. The van der Waals surface area contributed by atoms with Crippen LogP contribution in [-0.4, -0.2) is 54.2 Å². The SMILES string of the molecule is C[C@@H](CC(C(=O)N[C@H]1CC[C@@H]2CN(c3ccccc3F)C[C@@H]21)N(C)C(=O)O)CC(C)(C)C. The summed E-state index contributed by atoms with van der Waals surface area (Å²) < 4.78 is 14.3. The van der Waals surface area contributed by atoms with Gasteiger partial charge in [-0.1, -0.05) is 39.8 Å². The van der Waals surface area contributed by atoms with Crippen LogP contribution in [0.25, 0.3) is 0 Å². The summed E-state index contributed by atoms with van der Waals surface area (Å²) in [5.41, 5.74) is 0.729. The van der Waals surface area contributed by atoms with Crippen molar-refractivity contribution in [2.75, 3.05) is 25.0 Å². The van der Waals surface area contributed by atoms with Gasteiger partial charge in [-0.25, -0.2) is 9.18 Å². The van der Waals surface area contributed by atoms with Crippen molar-refractivity contribution in [2.45, 2.75) is 65.5 Å². The third kappa shape index (κ3) is 5.73. The van der Waals surface area contributed by atoms with E-state index >= 15 is 0 Å². The van der Waals surface area contributed by atoms with Gasteiger partial charge in [0.05, 0.1) is 5.69 Å². The number of carboxylic acid groups (broad SMARTS) is 1. The van der Waals surface area contributed by atoms with Crippen molar-refractivity contribution in [3.05, 3.63) is 30.1 Å². The Balaban J connectivity index is 1.67. The van der Waals surface area contributed by atoms with Crippen molar-refractivity contribution in [3.63, 3.8) is 0 Å². The lowest BCUT2D eigenvalue weighted by Crippen LogP contribution is -2.52. The van der Waals surface area contributed by atoms with Crippen LogP contribution in [0.4, 0.5) is 14.9 Å². The third-order valence-corrected chi connectivity index (χ3v) is 7.04. The molecule has 32 heavy (non-hydrogen) atoms. The molecule has 1 aliphatic carbocycles. The van der Waals surface area contributed by atoms with E-state index in [4.69, 9.17) is 0 Å². The Labute approximate surface area is 191 Å². The Morgan fingerprint density at radius 3 is 2.56 bits per heavy atom. The van der Waals surface area contributed by atoms with Crippen molar-refractivity contribution < 1.29 is 19.1 Å². The van der Waals surface area contributed by atoms with Gasteiger partial charge in [-0.15, -0.1) is 0 Å². The van der Waals surface area contributed by atoms with Crippen molar-refractivity contribution in [2.24, 2.45) is 23.2 Å². The van der Waals surface area contributed by atoms with Gasteiger partial charge >= 0.3 is 6.09 Å². The molecular formula is C25H38FN3O3. The van der Waals surface area contributed by atoms with Crippen molar-refractivity contribution >= 4 is 17.7 Å². The molecule has 1 unspecified atom stereocenters. The van der Waals surface area contributed by atoms with E-state index in [0.29, 0.717) is 24.6 Å². The molecule has 3 rings (SSSR count). The molecule has 5 atom stereocenters. The van der Waals surface area contributed by atoms with Gasteiger partial charge in [0, 0.05) is 32.1 Å². The van der Waals surface area contributed by atoms with Crippen LogP contribution in [0.1, 0.15) is 53.4 Å². The zero-order valence-electron chi connectivity index (χ0n) is 20.0. The maximum Gasteiger partial charge on any atom is 0.407 e. The number of rotatable bonds is 7. The summed E-state index contributed by atoms with van der Waals surface area (Å²) in [4.78, 5) is 28.1. The molecular weight excluding hydrogens is 409 g/mol. The lowest BCUT2D eigenvalue weighted by molar-refractivity contribution is -0.127. The topological polar surface area (TPSA) is 72.9 Å². The van der Waals surface area contributed by atoms with Crippen LogP contribution in [0.2, 0.25) is 0 Å². The standard InChI is InChI=1S/C25H38FN3O3/c1-16(13-25(2,3)4)12-22(28(5)24(31)32)23(30)27-20-11-10-17-14-29(15-18(17)20)21-9-7-6-8-19(21)26/h6-9,16-18,20,22H,10-15H2,1-5H3,(H,27,30)(H,31,32)/t16-,17+,18-,20-,22?/m0/s1. The van der Waals surface area contributed by atoms with Crippen LogP contribution in [0.15, 0.2) is 24.3 Å². The molecule has 1 saturated heterocycles. The summed E-state index contributed by atoms with van der Waals surface area (Å²) in [6.07, 6.45) is 2.18. The highest BCUT2D eigenvalue weighted by atomic mass is 19.1. The summed E-state index contributed by atoms with van der Waals surface area (Å²) in [5.74, 6) is 0.443. The van der Waals surface area contributed by atoms with E-state index in [1.165, 1.54) is 13.1 Å². The number of nitrogens with one attached hydrogen (secondary N) is 1. The van der Waals surface area contributed by atoms with Gasteiger partial charge in [0.2, 0.25) is 5.91 Å². The first-order valence-electron chi connectivity index (χ1n) is 11.7. The fourth-order valence-corrected chi connectivity index (χ4v) is 5.71. The minimum atomic E-state index is -1.09. The first-order valence-corrected chi connectivity index (χ1v) is 11.7. The van der Waals surface area contributed by atoms with E-state index in [0.717, 1.165) is 30.7 Å². The Hall–Kier alpha value is -2.31. The zero-order chi connectivity index (χ0) is 23.6. The third-order valence-electron chi connectivity index (χ3n) is 7.04. The number of likely N-dealkylation sites (N-methyl/N-ethyl adjacent to an activating group) is 1. The van der Waals surface area contributed by atoms with Gasteiger partial charge in [0.1, 0.15) is 11.9 Å². The quantitative estimate of drug-likeness (QED) is 0.641. The van der Waals surface area contributed by atoms with Gasteiger partial charge in [-0.3, -0.25) is 9.69 Å². The van der Waals surface area contributed by atoms with Crippen LogP contribution in [-0.2, 0) is 4.79 Å². The zero-order valence-corrected chi connectivity index (χ0v) is 20.0.